The van der Waals surface area contributed by atoms with E-state index in [0.717, 1.165) is 32.9 Å². The molecule has 1 N–H and O–H groups in total. The number of benzene rings is 2. The minimum absolute atomic E-state index is 0.549. The molecule has 0 saturated carbocycles. The average Bonchev–Trinajstić information content (AvgIpc) is 2.62. The summed E-state index contributed by atoms with van der Waals surface area (Å²) < 4.78 is 5.19. The van der Waals surface area contributed by atoms with E-state index in [1.807, 2.05) is 54.8 Å². The summed E-state index contributed by atoms with van der Waals surface area (Å²) in [6.45, 7) is 0.549. The fourth-order valence-electron chi connectivity index (χ4n) is 2.62. The molecule has 0 aliphatic heterocycles. The molecule has 120 valence electrons. The van der Waals surface area contributed by atoms with E-state index in [1.54, 1.807) is 7.11 Å². The minimum Gasteiger partial charge on any atom is -0.380 e. The highest BCUT2D eigenvalue weighted by atomic mass is 32.2. The number of para-hydroxylation sites is 1. The molecule has 0 unspecified atom stereocenters. The average molecular weight is 335 g/mol. The molecule has 0 saturated heterocycles. The predicted molar refractivity (Wildman–Crippen MR) is 98.7 cm³/mol. The summed E-state index contributed by atoms with van der Waals surface area (Å²) in [6, 6.07) is 18.1. The SMILES string of the molecule is COCc1cccc(Nc2c(C#N)c(SC)nc3ccccc23)c1. The van der Waals surface area contributed by atoms with Crippen LogP contribution < -0.4 is 5.32 Å². The first-order valence-electron chi connectivity index (χ1n) is 7.48. The molecule has 1 aromatic heterocycles. The molecule has 0 aliphatic carbocycles. The first-order chi connectivity index (χ1) is 11.8. The van der Waals surface area contributed by atoms with Gasteiger partial charge in [0.1, 0.15) is 16.7 Å². The lowest BCUT2D eigenvalue weighted by atomic mass is 10.1. The van der Waals surface area contributed by atoms with Crippen LogP contribution in [0, 0.1) is 11.3 Å². The van der Waals surface area contributed by atoms with Gasteiger partial charge in [-0.05, 0) is 30.0 Å². The highest BCUT2D eigenvalue weighted by Gasteiger charge is 2.14. The Hall–Kier alpha value is -2.55. The fourth-order valence-corrected chi connectivity index (χ4v) is 3.16. The van der Waals surface area contributed by atoms with E-state index in [0.29, 0.717) is 12.2 Å². The number of nitrogens with one attached hydrogen (secondary N) is 1. The first-order valence-corrected chi connectivity index (χ1v) is 8.71. The Kier molecular flexibility index (Phi) is 4.99. The zero-order valence-corrected chi connectivity index (χ0v) is 14.4. The van der Waals surface area contributed by atoms with Crippen LogP contribution in [0.2, 0.25) is 0 Å². The van der Waals surface area contributed by atoms with Crippen LogP contribution >= 0.6 is 11.8 Å². The van der Waals surface area contributed by atoms with Crippen LogP contribution in [0.3, 0.4) is 0 Å². The molecule has 3 rings (SSSR count). The number of hydrogen-bond donors (Lipinski definition) is 1. The lowest BCUT2D eigenvalue weighted by Gasteiger charge is -2.14. The molecule has 0 fully saturated rings. The van der Waals surface area contributed by atoms with Gasteiger partial charge >= 0.3 is 0 Å². The van der Waals surface area contributed by atoms with Crippen molar-refractivity contribution in [3.05, 3.63) is 59.7 Å². The molecule has 0 spiro atoms. The quantitative estimate of drug-likeness (QED) is 0.684. The Morgan fingerprint density at radius 3 is 2.79 bits per heavy atom. The van der Waals surface area contributed by atoms with E-state index < -0.39 is 0 Å². The van der Waals surface area contributed by atoms with Gasteiger partial charge in [0, 0.05) is 18.2 Å². The number of rotatable bonds is 5. The van der Waals surface area contributed by atoms with Gasteiger partial charge in [0.15, 0.2) is 0 Å². The fraction of sp³-hybridized carbons (Fsp3) is 0.158. The number of pyridine rings is 1. The molecule has 3 aromatic rings. The Morgan fingerprint density at radius 1 is 1.21 bits per heavy atom. The van der Waals surface area contributed by atoms with Gasteiger partial charge in [0.2, 0.25) is 0 Å². The van der Waals surface area contributed by atoms with Gasteiger partial charge in [-0.1, -0.05) is 30.3 Å². The van der Waals surface area contributed by atoms with Crippen LogP contribution in [-0.4, -0.2) is 18.3 Å². The van der Waals surface area contributed by atoms with Gasteiger partial charge < -0.3 is 10.1 Å². The lowest BCUT2D eigenvalue weighted by Crippen LogP contribution is -2.00. The van der Waals surface area contributed by atoms with Crippen molar-refractivity contribution in [1.82, 2.24) is 4.98 Å². The Bertz CT molecular complexity index is 918. The molecule has 5 heteroatoms. The van der Waals surface area contributed by atoms with Gasteiger partial charge in [0.05, 0.1) is 17.8 Å². The van der Waals surface area contributed by atoms with Gasteiger partial charge in [0.25, 0.3) is 0 Å². The van der Waals surface area contributed by atoms with Crippen LogP contribution in [0.25, 0.3) is 10.9 Å². The number of ether oxygens (including phenoxy) is 1. The van der Waals surface area contributed by atoms with Crippen molar-refractivity contribution >= 4 is 34.0 Å². The summed E-state index contributed by atoms with van der Waals surface area (Å²) >= 11 is 1.48. The van der Waals surface area contributed by atoms with Gasteiger partial charge in [-0.2, -0.15) is 5.26 Å². The monoisotopic (exact) mass is 335 g/mol. The normalized spacial score (nSPS) is 10.5. The van der Waals surface area contributed by atoms with Crippen molar-refractivity contribution in [2.75, 3.05) is 18.7 Å². The molecule has 4 nitrogen and oxygen atoms in total. The van der Waals surface area contributed by atoms with Gasteiger partial charge in [-0.15, -0.1) is 11.8 Å². The number of nitriles is 1. The van der Waals surface area contributed by atoms with Gasteiger partial charge in [-0.25, -0.2) is 4.98 Å². The smallest absolute Gasteiger partial charge is 0.116 e. The molecule has 2 aromatic carbocycles. The predicted octanol–water partition coefficient (Wildman–Crippen LogP) is 4.72. The highest BCUT2D eigenvalue weighted by molar-refractivity contribution is 7.98. The largest absolute Gasteiger partial charge is 0.380 e. The molecule has 1 heterocycles. The topological polar surface area (TPSA) is 57.9 Å². The van der Waals surface area contributed by atoms with Crippen molar-refractivity contribution in [2.45, 2.75) is 11.6 Å². The summed E-state index contributed by atoms with van der Waals surface area (Å²) in [7, 11) is 1.68. The van der Waals surface area contributed by atoms with Gasteiger partial charge in [-0.3, -0.25) is 0 Å². The number of aromatic nitrogens is 1. The second-order valence-corrected chi connectivity index (χ2v) is 6.05. The van der Waals surface area contributed by atoms with Crippen molar-refractivity contribution < 1.29 is 4.74 Å². The molecule has 0 radical (unpaired) electrons. The maximum atomic E-state index is 9.64. The van der Waals surface area contributed by atoms with E-state index in [9.17, 15) is 5.26 Å². The lowest BCUT2D eigenvalue weighted by molar-refractivity contribution is 0.185. The zero-order valence-electron chi connectivity index (χ0n) is 13.5. The van der Waals surface area contributed by atoms with Crippen molar-refractivity contribution in [3.63, 3.8) is 0 Å². The van der Waals surface area contributed by atoms with E-state index in [4.69, 9.17) is 4.74 Å². The third kappa shape index (κ3) is 3.21. The molecular weight excluding hydrogens is 318 g/mol. The van der Waals surface area contributed by atoms with Crippen LogP contribution in [0.5, 0.6) is 0 Å². The van der Waals surface area contributed by atoms with Crippen molar-refractivity contribution in [2.24, 2.45) is 0 Å². The standard InChI is InChI=1S/C19H17N3OS/c1-23-12-13-6-5-7-14(10-13)21-18-15-8-3-4-9-17(15)22-19(24-2)16(18)11-20/h3-10H,12H2,1-2H3,(H,21,22). The Labute approximate surface area is 145 Å². The second kappa shape index (κ2) is 7.35. The number of fused-ring (bicyclic) bond motifs is 1. The summed E-state index contributed by atoms with van der Waals surface area (Å²) in [4.78, 5) is 4.59. The molecule has 0 amide bonds. The third-order valence-corrected chi connectivity index (χ3v) is 4.35. The van der Waals surface area contributed by atoms with Crippen molar-refractivity contribution in [1.29, 1.82) is 5.26 Å². The molecule has 24 heavy (non-hydrogen) atoms. The number of nitrogens with zero attached hydrogens (tertiary/aromatic N) is 2. The number of methoxy groups -OCH3 is 1. The van der Waals surface area contributed by atoms with E-state index in [1.165, 1.54) is 11.8 Å². The number of hydrogen-bond acceptors (Lipinski definition) is 5. The summed E-state index contributed by atoms with van der Waals surface area (Å²) in [5.74, 6) is 0. The van der Waals surface area contributed by atoms with E-state index in [2.05, 4.69) is 16.4 Å². The summed E-state index contributed by atoms with van der Waals surface area (Å²) in [6.07, 6.45) is 1.93. The molecule has 0 aliphatic rings. The maximum Gasteiger partial charge on any atom is 0.116 e. The van der Waals surface area contributed by atoms with Crippen molar-refractivity contribution in [3.8, 4) is 6.07 Å². The molecular formula is C19H17N3OS. The zero-order chi connectivity index (χ0) is 16.9. The number of anilines is 2. The molecule has 0 atom stereocenters. The first kappa shape index (κ1) is 16.3. The van der Waals surface area contributed by atoms with Crippen LogP contribution in [0.4, 0.5) is 11.4 Å². The summed E-state index contributed by atoms with van der Waals surface area (Å²) in [5.41, 5.74) is 4.23. The molecule has 0 bridgehead atoms. The Morgan fingerprint density at radius 2 is 2.04 bits per heavy atom. The number of thioether (sulfide) groups is 1. The minimum atomic E-state index is 0.549. The van der Waals surface area contributed by atoms with Crippen LogP contribution in [0.1, 0.15) is 11.1 Å². The van der Waals surface area contributed by atoms with E-state index >= 15 is 0 Å². The summed E-state index contributed by atoms with van der Waals surface area (Å²) in [5, 5.41) is 14.7. The van der Waals surface area contributed by atoms with Crippen LogP contribution in [-0.2, 0) is 11.3 Å². The Balaban J connectivity index is 2.14. The third-order valence-electron chi connectivity index (χ3n) is 3.67. The highest BCUT2D eigenvalue weighted by Crippen LogP contribution is 2.34. The van der Waals surface area contributed by atoms with Crippen LogP contribution in [0.15, 0.2) is 53.6 Å². The maximum absolute atomic E-state index is 9.64. The van der Waals surface area contributed by atoms with E-state index in [-0.39, 0.29) is 0 Å². The second-order valence-electron chi connectivity index (χ2n) is 5.26.